The van der Waals surface area contributed by atoms with Crippen LogP contribution >= 0.6 is 0 Å². The molecule has 0 radical (unpaired) electrons. The molecule has 4 aliphatic rings. The Morgan fingerprint density at radius 2 is 0.603 bits per heavy atom. The van der Waals surface area contributed by atoms with Gasteiger partial charge in [-0.15, -0.1) is 0 Å². The van der Waals surface area contributed by atoms with Gasteiger partial charge in [0.15, 0.2) is 0 Å². The highest BCUT2D eigenvalue weighted by molar-refractivity contribution is 6.20. The van der Waals surface area contributed by atoms with Crippen LogP contribution in [0.15, 0.2) is 84.0 Å². The van der Waals surface area contributed by atoms with Crippen LogP contribution < -0.4 is 5.32 Å². The molecule has 0 amide bonds. The molecule has 4 unspecified atom stereocenters. The first-order chi connectivity index (χ1) is 29.0. The van der Waals surface area contributed by atoms with Crippen LogP contribution in [0.1, 0.15) is 158 Å². The first-order valence-electron chi connectivity index (χ1n) is 23.9. The fourth-order valence-corrected chi connectivity index (χ4v) is 11.1. The fraction of sp³-hybridized carbons (Fsp3) is 0.467. The van der Waals surface area contributed by atoms with Gasteiger partial charge in [0.1, 0.15) is 0 Å². The zero-order valence-corrected chi connectivity index (χ0v) is 41.7. The topological polar surface area (TPSA) is 43.6 Å². The average molecular weight is 836 g/mol. The van der Waals surface area contributed by atoms with E-state index in [9.17, 15) is 0 Å². The van der Waals surface area contributed by atoms with Crippen LogP contribution in [0.2, 0.25) is 0 Å². The minimum absolute atomic E-state index is 0.0218. The van der Waals surface area contributed by atoms with Gasteiger partial charge in [0.25, 0.3) is 0 Å². The summed E-state index contributed by atoms with van der Waals surface area (Å²) < 4.78 is 0. The predicted octanol–water partition coefficient (Wildman–Crippen LogP) is 16.1. The molecule has 3 heteroatoms. The molecular weight excluding hydrogens is 763 g/mol. The molecule has 4 aromatic carbocycles. The molecular formula is C60H73N3. The Morgan fingerprint density at radius 1 is 0.333 bits per heavy atom. The van der Waals surface area contributed by atoms with Crippen molar-refractivity contribution in [3.8, 4) is 11.1 Å². The van der Waals surface area contributed by atoms with Crippen molar-refractivity contribution < 1.29 is 0 Å². The number of hydrogen-bond donors (Lipinski definition) is 3. The summed E-state index contributed by atoms with van der Waals surface area (Å²) in [6, 6.07) is 20.5. The molecule has 1 fully saturated rings. The van der Waals surface area contributed by atoms with Gasteiger partial charge in [0.2, 0.25) is 0 Å². The van der Waals surface area contributed by atoms with Gasteiger partial charge >= 0.3 is 0 Å². The first kappa shape index (κ1) is 42.4. The summed E-state index contributed by atoms with van der Waals surface area (Å²) in [6.07, 6.45) is 10.5. The van der Waals surface area contributed by atoms with Crippen molar-refractivity contribution in [3.05, 3.63) is 117 Å². The second kappa shape index (κ2) is 13.0. The van der Waals surface area contributed by atoms with Gasteiger partial charge in [0.05, 0.1) is 22.1 Å². The quantitative estimate of drug-likeness (QED) is 0.140. The molecule has 328 valence electrons. The second-order valence-corrected chi connectivity index (χ2v) is 26.3. The third-order valence-electron chi connectivity index (χ3n) is 15.4. The number of fused-ring (bicyclic) bond motifs is 3. The lowest BCUT2D eigenvalue weighted by Crippen LogP contribution is -2.35. The van der Waals surface area contributed by atoms with Crippen molar-refractivity contribution in [1.82, 2.24) is 15.3 Å². The van der Waals surface area contributed by atoms with E-state index < -0.39 is 0 Å². The molecule has 1 aliphatic heterocycles. The Morgan fingerprint density at radius 3 is 0.873 bits per heavy atom. The summed E-state index contributed by atoms with van der Waals surface area (Å²) in [7, 11) is 0. The number of benzene rings is 4. The average Bonchev–Trinajstić information content (AvgIpc) is 3.85. The zero-order chi connectivity index (χ0) is 45.5. The van der Waals surface area contributed by atoms with Gasteiger partial charge in [-0.1, -0.05) is 149 Å². The number of nitrogens with one attached hydrogen (secondary N) is 3. The van der Waals surface area contributed by atoms with Gasteiger partial charge in [-0.2, -0.15) is 0 Å². The maximum atomic E-state index is 4.46. The highest BCUT2D eigenvalue weighted by atomic mass is 15.0. The molecule has 2 aromatic heterocycles. The van der Waals surface area contributed by atoms with Crippen molar-refractivity contribution in [2.45, 2.75) is 158 Å². The Balaban J connectivity index is 1.47. The summed E-state index contributed by atoms with van der Waals surface area (Å²) >= 11 is 0. The minimum Gasteiger partial charge on any atom is -0.354 e. The molecule has 3 N–H and O–H groups in total. The highest BCUT2D eigenvalue weighted by Crippen LogP contribution is 2.54. The summed E-state index contributed by atoms with van der Waals surface area (Å²) in [6.45, 7) is 42.9. The Hall–Kier alpha value is -4.60. The molecule has 0 saturated carbocycles. The third kappa shape index (κ3) is 6.60. The van der Waals surface area contributed by atoms with Gasteiger partial charge in [-0.25, -0.2) is 0 Å². The van der Waals surface area contributed by atoms with Crippen LogP contribution in [0.5, 0.6) is 0 Å². The van der Waals surface area contributed by atoms with E-state index in [1.165, 1.54) is 110 Å². The molecule has 0 spiro atoms. The van der Waals surface area contributed by atoms with Crippen LogP contribution in [0.3, 0.4) is 0 Å². The van der Waals surface area contributed by atoms with Gasteiger partial charge in [-0.3, -0.25) is 0 Å². The molecule has 1 saturated heterocycles. The minimum atomic E-state index is -0.0656. The number of hydrogen-bond acceptors (Lipinski definition) is 1. The summed E-state index contributed by atoms with van der Waals surface area (Å²) in [4.78, 5) is 8.52. The Labute approximate surface area is 378 Å². The van der Waals surface area contributed by atoms with Gasteiger partial charge in [0, 0.05) is 67.7 Å². The lowest BCUT2D eigenvalue weighted by atomic mass is 9.68. The second-order valence-electron chi connectivity index (χ2n) is 26.3. The van der Waals surface area contributed by atoms with Crippen LogP contribution in [-0.4, -0.2) is 22.1 Å². The molecule has 3 heterocycles. The molecule has 18 bridgehead atoms. The van der Waals surface area contributed by atoms with Gasteiger partial charge in [-0.05, 0) is 126 Å². The molecule has 3 aliphatic carbocycles. The normalized spacial score (nSPS) is 21.8. The maximum Gasteiger partial charge on any atom is 0.0545 e. The molecule has 4 atom stereocenters. The molecule has 3 nitrogen and oxygen atoms in total. The van der Waals surface area contributed by atoms with Crippen LogP contribution in [0.25, 0.3) is 65.9 Å². The zero-order valence-electron chi connectivity index (χ0n) is 41.7. The summed E-state index contributed by atoms with van der Waals surface area (Å²) in [5.74, 6) is 0.563. The largest absolute Gasteiger partial charge is 0.354 e. The summed E-state index contributed by atoms with van der Waals surface area (Å²) in [5, 5.41) is 9.72. The lowest BCUT2D eigenvalue weighted by Gasteiger charge is -2.35. The van der Waals surface area contributed by atoms with Crippen molar-refractivity contribution >= 4 is 54.8 Å². The van der Waals surface area contributed by atoms with Crippen LogP contribution in [-0.2, 0) is 21.7 Å². The number of aromatic amines is 2. The van der Waals surface area contributed by atoms with Crippen molar-refractivity contribution in [2.24, 2.45) is 22.7 Å². The number of rotatable bonds is 0. The van der Waals surface area contributed by atoms with E-state index in [1.54, 1.807) is 0 Å². The van der Waals surface area contributed by atoms with E-state index in [0.29, 0.717) is 0 Å². The Bertz CT molecular complexity index is 2870. The highest BCUT2D eigenvalue weighted by Gasteiger charge is 2.49. The third-order valence-corrected chi connectivity index (χ3v) is 15.4. The van der Waals surface area contributed by atoms with Crippen molar-refractivity contribution in [2.75, 3.05) is 0 Å². The molecule has 63 heavy (non-hydrogen) atoms. The number of H-pyrrole nitrogens is 2. The van der Waals surface area contributed by atoms with E-state index in [1.807, 2.05) is 0 Å². The molecule has 10 rings (SSSR count). The number of allylic oxidation sites excluding steroid dienone is 4. The van der Waals surface area contributed by atoms with E-state index in [0.717, 1.165) is 0 Å². The Kier molecular flexibility index (Phi) is 8.76. The predicted molar refractivity (Wildman–Crippen MR) is 274 cm³/mol. The van der Waals surface area contributed by atoms with E-state index in [4.69, 9.17) is 0 Å². The van der Waals surface area contributed by atoms with Crippen molar-refractivity contribution in [3.63, 3.8) is 0 Å². The number of aromatic nitrogens is 2. The standard InChI is InChI=1S/C60H73N3/c1-55(2,3)31-19-37-38-20-32(56(4,5)6)27-45-46-28-35(59(13,14)15)23-41-42-24-36(60(16,17)18)30-48(54(42)63-53(41)46)47-29-34(58(10,11)12)22-40-39-21-33(57(7,8)9)26-44(51(39)62-52(40)47)43(25-31)49(37)61-50(38)45/h19-30,37-38,49-50,61-63H,1-18H3. The summed E-state index contributed by atoms with van der Waals surface area (Å²) in [5.41, 5.74) is 21.0. The van der Waals surface area contributed by atoms with Crippen LogP contribution in [0, 0.1) is 22.7 Å². The maximum absolute atomic E-state index is 4.46. The van der Waals surface area contributed by atoms with E-state index in [2.05, 4.69) is 213 Å². The fourth-order valence-electron chi connectivity index (χ4n) is 11.1. The first-order valence-corrected chi connectivity index (χ1v) is 23.9. The monoisotopic (exact) mass is 836 g/mol. The van der Waals surface area contributed by atoms with Crippen molar-refractivity contribution in [1.29, 1.82) is 0 Å². The van der Waals surface area contributed by atoms with E-state index in [-0.39, 0.29) is 56.4 Å². The SMILES string of the molecule is CC(C)(C)C1=CC2C3NC4C(=CC(C(C)(C)C)=CC42)c2cc(C(C)(C)C)cc4c2[nH]c2c(cc(C(C)(C)C)cc24)-c2cc(C(C)(C)C)cc4c2[nH]c2c(cc(C(C)(C)C)cc24)C3=C1. The lowest BCUT2D eigenvalue weighted by molar-refractivity contribution is 0.464. The van der Waals surface area contributed by atoms with Crippen LogP contribution in [0.4, 0.5) is 0 Å². The van der Waals surface area contributed by atoms with E-state index >= 15 is 0 Å². The van der Waals surface area contributed by atoms with Gasteiger partial charge < -0.3 is 15.3 Å². The smallest absolute Gasteiger partial charge is 0.0545 e. The molecule has 6 aromatic rings.